The van der Waals surface area contributed by atoms with Crippen molar-refractivity contribution in [1.29, 1.82) is 0 Å². The molecular weight excluding hydrogens is 432 g/mol. The average molecular weight is 459 g/mol. The predicted molar refractivity (Wildman–Crippen MR) is 125 cm³/mol. The van der Waals surface area contributed by atoms with Gasteiger partial charge in [0, 0.05) is 12.1 Å². The predicted octanol–water partition coefficient (Wildman–Crippen LogP) is 4.23. The van der Waals surface area contributed by atoms with Gasteiger partial charge in [-0.3, -0.25) is 4.79 Å². The molecule has 2 aromatic heterocycles. The van der Waals surface area contributed by atoms with Crippen LogP contribution in [0.2, 0.25) is 0 Å². The lowest BCUT2D eigenvalue weighted by molar-refractivity contribution is 0.0727. The van der Waals surface area contributed by atoms with Crippen molar-refractivity contribution in [2.24, 2.45) is 0 Å². The number of hydrogen-bond donors (Lipinski definition) is 0. The van der Waals surface area contributed by atoms with Gasteiger partial charge in [-0.15, -0.1) is 0 Å². The normalized spacial score (nSPS) is 15.6. The van der Waals surface area contributed by atoms with Gasteiger partial charge in [-0.2, -0.15) is 20.0 Å². The Hall–Kier alpha value is -4.01. The van der Waals surface area contributed by atoms with Crippen molar-refractivity contribution in [2.45, 2.75) is 39.7 Å². The van der Waals surface area contributed by atoms with Crippen molar-refractivity contribution in [3.63, 3.8) is 0 Å². The summed E-state index contributed by atoms with van der Waals surface area (Å²) in [5, 5.41) is 12.7. The highest BCUT2D eigenvalue weighted by Gasteiger charge is 2.35. The molecule has 4 aromatic rings. The smallest absolute Gasteiger partial charge is 0.258 e. The Morgan fingerprint density at radius 3 is 2.68 bits per heavy atom. The molecule has 0 N–H and O–H groups in total. The summed E-state index contributed by atoms with van der Waals surface area (Å²) in [4.78, 5) is 21.8. The third kappa shape index (κ3) is 3.72. The van der Waals surface area contributed by atoms with Crippen LogP contribution in [0.25, 0.3) is 17.1 Å². The molecule has 1 unspecified atom stereocenters. The molecule has 0 spiro atoms. The number of aromatic nitrogens is 5. The Bertz CT molecular complexity index is 1340. The highest BCUT2D eigenvalue weighted by atomic mass is 16.5. The number of carbonyl (C=O) groups is 1. The third-order valence-corrected chi connectivity index (χ3v) is 6.47. The number of hydrogen-bond acceptors (Lipinski definition) is 7. The van der Waals surface area contributed by atoms with Gasteiger partial charge >= 0.3 is 0 Å². The van der Waals surface area contributed by atoms with E-state index in [0.717, 1.165) is 35.1 Å². The summed E-state index contributed by atoms with van der Waals surface area (Å²) in [6.07, 6.45) is 4.78. The Morgan fingerprint density at radius 2 is 1.91 bits per heavy atom. The van der Waals surface area contributed by atoms with Crippen LogP contribution in [0.15, 0.2) is 47.2 Å². The fourth-order valence-corrected chi connectivity index (χ4v) is 4.46. The zero-order chi connectivity index (χ0) is 23.8. The first-order valence-electron chi connectivity index (χ1n) is 11.2. The number of carbonyl (C=O) groups excluding carboxylic acids is 1. The van der Waals surface area contributed by atoms with Gasteiger partial charge in [0.25, 0.3) is 11.8 Å². The lowest BCUT2D eigenvalue weighted by atomic mass is 10.0. The number of likely N-dealkylation sites (tertiary alicyclic amines) is 1. The van der Waals surface area contributed by atoms with Gasteiger partial charge in [0.05, 0.1) is 36.8 Å². The van der Waals surface area contributed by atoms with Crippen molar-refractivity contribution in [3.05, 3.63) is 70.8 Å². The van der Waals surface area contributed by atoms with E-state index in [-0.39, 0.29) is 11.9 Å². The van der Waals surface area contributed by atoms with Crippen LogP contribution >= 0.6 is 0 Å². The molecule has 9 nitrogen and oxygen atoms in total. The number of rotatable bonds is 5. The summed E-state index contributed by atoms with van der Waals surface area (Å²) < 4.78 is 11.1. The summed E-state index contributed by atoms with van der Waals surface area (Å²) in [6.45, 7) is 6.61. The zero-order valence-electron chi connectivity index (χ0n) is 19.6. The largest absolute Gasteiger partial charge is 0.496 e. The van der Waals surface area contributed by atoms with Gasteiger partial charge in [0.1, 0.15) is 5.75 Å². The first-order chi connectivity index (χ1) is 16.5. The summed E-state index contributed by atoms with van der Waals surface area (Å²) in [5.74, 6) is 1.46. The van der Waals surface area contributed by atoms with Crippen LogP contribution in [0.3, 0.4) is 0 Å². The standard InChI is InChI=1S/C25H26N6O3/c1-15-7-5-8-18(17(15)3)24-28-23(29-34-24)20-9-6-12-30(20)25(32)19-14-22(33-4)16(2)13-21(19)31-26-10-11-27-31/h5,7-8,10-11,13-14,20H,6,9,12H2,1-4H3. The Kier molecular flexibility index (Phi) is 5.61. The SMILES string of the molecule is COc1cc(C(=O)N2CCCC2c2noc(-c3cccc(C)c3C)n2)c(-n2nccn2)cc1C. The lowest BCUT2D eigenvalue weighted by Gasteiger charge is -2.24. The molecule has 2 aromatic carbocycles. The minimum Gasteiger partial charge on any atom is -0.496 e. The monoisotopic (exact) mass is 458 g/mol. The molecule has 0 saturated carbocycles. The molecule has 34 heavy (non-hydrogen) atoms. The second kappa shape index (κ2) is 8.74. The van der Waals surface area contributed by atoms with Crippen LogP contribution in [0, 0.1) is 20.8 Å². The Morgan fingerprint density at radius 1 is 1.12 bits per heavy atom. The Balaban J connectivity index is 1.50. The summed E-state index contributed by atoms with van der Waals surface area (Å²) in [6, 6.07) is 9.34. The molecule has 0 radical (unpaired) electrons. The van der Waals surface area contributed by atoms with Crippen molar-refractivity contribution < 1.29 is 14.1 Å². The summed E-state index contributed by atoms with van der Waals surface area (Å²) in [5.41, 5.74) is 5.11. The second-order valence-electron chi connectivity index (χ2n) is 8.52. The van der Waals surface area contributed by atoms with Gasteiger partial charge in [0.2, 0.25) is 0 Å². The highest BCUT2D eigenvalue weighted by Crippen LogP contribution is 2.35. The molecule has 3 heterocycles. The minimum absolute atomic E-state index is 0.147. The van der Waals surface area contributed by atoms with Crippen LogP contribution in [0.1, 0.15) is 51.8 Å². The first-order valence-corrected chi connectivity index (χ1v) is 11.2. The molecule has 0 aliphatic carbocycles. The molecule has 1 aliphatic rings. The molecule has 5 rings (SSSR count). The number of ether oxygens (including phenoxy) is 1. The van der Waals surface area contributed by atoms with Gasteiger partial charge < -0.3 is 14.2 Å². The number of aryl methyl sites for hydroxylation is 2. The van der Waals surface area contributed by atoms with Crippen molar-refractivity contribution in [3.8, 4) is 22.9 Å². The maximum absolute atomic E-state index is 13.8. The van der Waals surface area contributed by atoms with Gasteiger partial charge in [0.15, 0.2) is 5.82 Å². The average Bonchev–Trinajstić information content (AvgIpc) is 3.61. The minimum atomic E-state index is -0.277. The van der Waals surface area contributed by atoms with E-state index >= 15 is 0 Å². The van der Waals surface area contributed by atoms with Crippen LogP contribution in [-0.2, 0) is 0 Å². The van der Waals surface area contributed by atoms with E-state index in [2.05, 4.69) is 33.3 Å². The lowest BCUT2D eigenvalue weighted by Crippen LogP contribution is -2.32. The molecule has 1 amide bonds. The van der Waals surface area contributed by atoms with Crippen molar-refractivity contribution in [2.75, 3.05) is 13.7 Å². The summed E-state index contributed by atoms with van der Waals surface area (Å²) in [7, 11) is 1.59. The van der Waals surface area contributed by atoms with Gasteiger partial charge in [-0.1, -0.05) is 17.3 Å². The fourth-order valence-electron chi connectivity index (χ4n) is 4.46. The quantitative estimate of drug-likeness (QED) is 0.441. The van der Waals surface area contributed by atoms with Gasteiger partial charge in [-0.25, -0.2) is 0 Å². The van der Waals surface area contributed by atoms with E-state index in [0.29, 0.717) is 35.3 Å². The van der Waals surface area contributed by atoms with E-state index in [1.807, 2.05) is 32.0 Å². The van der Waals surface area contributed by atoms with Crippen molar-refractivity contribution >= 4 is 5.91 Å². The summed E-state index contributed by atoms with van der Waals surface area (Å²) >= 11 is 0. The van der Waals surface area contributed by atoms with Crippen LogP contribution in [0.4, 0.5) is 0 Å². The number of benzene rings is 2. The van der Waals surface area contributed by atoms with E-state index in [1.165, 1.54) is 4.80 Å². The van der Waals surface area contributed by atoms with E-state index in [4.69, 9.17) is 9.26 Å². The van der Waals surface area contributed by atoms with Crippen molar-refractivity contribution in [1.82, 2.24) is 30.0 Å². The highest BCUT2D eigenvalue weighted by molar-refractivity contribution is 5.98. The van der Waals surface area contributed by atoms with Gasteiger partial charge in [-0.05, 0) is 68.5 Å². The molecule has 0 bridgehead atoms. The van der Waals surface area contributed by atoms with E-state index < -0.39 is 0 Å². The Labute approximate surface area is 197 Å². The third-order valence-electron chi connectivity index (χ3n) is 6.47. The van der Waals surface area contributed by atoms with E-state index in [1.54, 1.807) is 30.5 Å². The molecular formula is C25H26N6O3. The number of methoxy groups -OCH3 is 1. The second-order valence-corrected chi connectivity index (χ2v) is 8.52. The molecule has 1 aliphatic heterocycles. The van der Waals surface area contributed by atoms with Crippen LogP contribution in [0.5, 0.6) is 5.75 Å². The molecule has 1 fully saturated rings. The number of nitrogens with zero attached hydrogens (tertiary/aromatic N) is 6. The molecule has 1 atom stereocenters. The van der Waals surface area contributed by atoms with Crippen LogP contribution < -0.4 is 4.74 Å². The maximum Gasteiger partial charge on any atom is 0.258 e. The van der Waals surface area contributed by atoms with E-state index in [9.17, 15) is 4.79 Å². The fraction of sp³-hybridized carbons (Fsp3) is 0.320. The number of amides is 1. The molecule has 174 valence electrons. The van der Waals surface area contributed by atoms with Crippen LogP contribution in [-0.4, -0.2) is 49.6 Å². The first kappa shape index (κ1) is 21.8. The maximum atomic E-state index is 13.8. The topological polar surface area (TPSA) is 99.2 Å². The zero-order valence-corrected chi connectivity index (χ0v) is 19.6. The molecule has 9 heteroatoms. The molecule has 1 saturated heterocycles.